The fourth-order valence-electron chi connectivity index (χ4n) is 1.96. The largest absolute Gasteiger partial charge is 0.389 e. The predicted octanol–water partition coefficient (Wildman–Crippen LogP) is 3.39. The van der Waals surface area contributed by atoms with Crippen LogP contribution in [0, 0.1) is 0 Å². The average Bonchev–Trinajstić information content (AvgIpc) is 2.81. The highest BCUT2D eigenvalue weighted by Gasteiger charge is 2.10. The standard InChI is InChI=1S/C14H16BrN3S/c1-3-9-7-10(4-2)18(17-9)11-5-6-12(14(16)19)13(15)8-11/h5-8H,3-4H2,1-2H3,(H2,16,19). The van der Waals surface area contributed by atoms with Crippen LogP contribution in [0.1, 0.15) is 30.8 Å². The van der Waals surface area contributed by atoms with E-state index in [1.165, 1.54) is 5.69 Å². The Morgan fingerprint density at radius 1 is 1.32 bits per heavy atom. The Kier molecular flexibility index (Phi) is 4.37. The minimum Gasteiger partial charge on any atom is -0.389 e. The van der Waals surface area contributed by atoms with E-state index in [2.05, 4.69) is 40.9 Å². The molecule has 5 heteroatoms. The highest BCUT2D eigenvalue weighted by molar-refractivity contribution is 9.10. The summed E-state index contributed by atoms with van der Waals surface area (Å²) in [5.74, 6) is 0. The zero-order chi connectivity index (χ0) is 14.0. The van der Waals surface area contributed by atoms with Crippen LogP contribution >= 0.6 is 28.1 Å². The number of halogens is 1. The van der Waals surface area contributed by atoms with Crippen molar-refractivity contribution in [1.29, 1.82) is 0 Å². The molecule has 19 heavy (non-hydrogen) atoms. The first-order chi connectivity index (χ1) is 9.06. The first-order valence-electron chi connectivity index (χ1n) is 6.24. The number of rotatable bonds is 4. The zero-order valence-electron chi connectivity index (χ0n) is 11.0. The van der Waals surface area contributed by atoms with E-state index in [0.29, 0.717) is 4.99 Å². The van der Waals surface area contributed by atoms with Crippen molar-refractivity contribution in [3.05, 3.63) is 45.7 Å². The molecule has 2 N–H and O–H groups in total. The number of hydrogen-bond donors (Lipinski definition) is 1. The summed E-state index contributed by atoms with van der Waals surface area (Å²) < 4.78 is 2.88. The summed E-state index contributed by atoms with van der Waals surface area (Å²) in [5.41, 5.74) is 9.83. The molecule has 0 atom stereocenters. The predicted molar refractivity (Wildman–Crippen MR) is 85.9 cm³/mol. The van der Waals surface area contributed by atoms with E-state index in [0.717, 1.165) is 34.3 Å². The minimum atomic E-state index is 0.392. The molecule has 0 aliphatic rings. The molecule has 0 fully saturated rings. The SMILES string of the molecule is CCc1cc(CC)n(-c2ccc(C(N)=S)c(Br)c2)n1. The van der Waals surface area contributed by atoms with Gasteiger partial charge >= 0.3 is 0 Å². The van der Waals surface area contributed by atoms with Crippen molar-refractivity contribution >= 4 is 33.1 Å². The topological polar surface area (TPSA) is 43.8 Å². The van der Waals surface area contributed by atoms with Crippen molar-refractivity contribution in [2.45, 2.75) is 26.7 Å². The molecule has 0 amide bonds. The molecule has 0 aliphatic heterocycles. The molecular formula is C14H16BrN3S. The number of hydrogen-bond acceptors (Lipinski definition) is 2. The van der Waals surface area contributed by atoms with Crippen molar-refractivity contribution in [2.75, 3.05) is 0 Å². The number of aromatic nitrogens is 2. The molecule has 1 aromatic carbocycles. The summed E-state index contributed by atoms with van der Waals surface area (Å²) in [6, 6.07) is 8.06. The maximum Gasteiger partial charge on any atom is 0.105 e. The van der Waals surface area contributed by atoms with Gasteiger partial charge in [-0.3, -0.25) is 0 Å². The number of thiocarbonyl (C=S) groups is 1. The first kappa shape index (κ1) is 14.2. The highest BCUT2D eigenvalue weighted by atomic mass is 79.9. The quantitative estimate of drug-likeness (QED) is 0.869. The van der Waals surface area contributed by atoms with Crippen LogP contribution in [0.15, 0.2) is 28.7 Å². The Balaban J connectivity index is 2.50. The monoisotopic (exact) mass is 337 g/mol. The third-order valence-corrected chi connectivity index (χ3v) is 3.90. The van der Waals surface area contributed by atoms with E-state index < -0.39 is 0 Å². The number of benzene rings is 1. The van der Waals surface area contributed by atoms with Crippen LogP contribution in [-0.4, -0.2) is 14.8 Å². The maximum absolute atomic E-state index is 5.66. The lowest BCUT2D eigenvalue weighted by Gasteiger charge is -2.09. The Bertz CT molecular complexity index is 619. The molecular weight excluding hydrogens is 322 g/mol. The van der Waals surface area contributed by atoms with Gasteiger partial charge in [-0.2, -0.15) is 5.10 Å². The van der Waals surface area contributed by atoms with E-state index in [9.17, 15) is 0 Å². The summed E-state index contributed by atoms with van der Waals surface area (Å²) in [5, 5.41) is 4.62. The van der Waals surface area contributed by atoms with Crippen LogP contribution in [0.25, 0.3) is 5.69 Å². The molecule has 0 spiro atoms. The highest BCUT2D eigenvalue weighted by Crippen LogP contribution is 2.22. The molecule has 0 aliphatic carbocycles. The van der Waals surface area contributed by atoms with Crippen molar-refractivity contribution in [3.63, 3.8) is 0 Å². The minimum absolute atomic E-state index is 0.392. The molecule has 1 aromatic heterocycles. The van der Waals surface area contributed by atoms with Crippen LogP contribution < -0.4 is 5.73 Å². The summed E-state index contributed by atoms with van der Waals surface area (Å²) in [4.78, 5) is 0.392. The first-order valence-corrected chi connectivity index (χ1v) is 7.44. The molecule has 0 saturated heterocycles. The van der Waals surface area contributed by atoms with E-state index in [-0.39, 0.29) is 0 Å². The van der Waals surface area contributed by atoms with Gasteiger partial charge < -0.3 is 5.73 Å². The normalized spacial score (nSPS) is 10.7. The van der Waals surface area contributed by atoms with E-state index in [1.54, 1.807) is 0 Å². The average molecular weight is 338 g/mol. The molecule has 0 bridgehead atoms. The Morgan fingerprint density at radius 3 is 2.58 bits per heavy atom. The van der Waals surface area contributed by atoms with E-state index in [1.807, 2.05) is 22.9 Å². The van der Waals surface area contributed by atoms with Crippen molar-refractivity contribution < 1.29 is 0 Å². The number of nitrogens with two attached hydrogens (primary N) is 1. The lowest BCUT2D eigenvalue weighted by atomic mass is 10.2. The molecule has 100 valence electrons. The third kappa shape index (κ3) is 2.87. The van der Waals surface area contributed by atoms with Crippen LogP contribution in [0.2, 0.25) is 0 Å². The summed E-state index contributed by atoms with van der Waals surface area (Å²) in [7, 11) is 0. The van der Waals surface area contributed by atoms with Crippen molar-refractivity contribution in [2.24, 2.45) is 5.73 Å². The second-order valence-corrected chi connectivity index (χ2v) is 5.57. The Labute approximate surface area is 126 Å². The van der Waals surface area contributed by atoms with Gasteiger partial charge in [0.05, 0.1) is 11.4 Å². The smallest absolute Gasteiger partial charge is 0.105 e. The molecule has 0 radical (unpaired) electrons. The molecule has 2 rings (SSSR count). The van der Waals surface area contributed by atoms with Crippen LogP contribution in [0.3, 0.4) is 0 Å². The van der Waals surface area contributed by atoms with Gasteiger partial charge in [0.25, 0.3) is 0 Å². The van der Waals surface area contributed by atoms with Gasteiger partial charge in [0.1, 0.15) is 4.99 Å². The molecule has 0 unspecified atom stereocenters. The van der Waals surface area contributed by atoms with Crippen LogP contribution in [0.4, 0.5) is 0 Å². The second-order valence-electron chi connectivity index (χ2n) is 4.27. The summed E-state index contributed by atoms with van der Waals surface area (Å²) in [6.07, 6.45) is 1.88. The summed E-state index contributed by atoms with van der Waals surface area (Å²) >= 11 is 8.51. The molecule has 3 nitrogen and oxygen atoms in total. The molecule has 2 aromatic rings. The fourth-order valence-corrected chi connectivity index (χ4v) is 2.85. The lowest BCUT2D eigenvalue weighted by Crippen LogP contribution is -2.11. The van der Waals surface area contributed by atoms with Crippen LogP contribution in [-0.2, 0) is 12.8 Å². The Morgan fingerprint density at radius 2 is 2.05 bits per heavy atom. The van der Waals surface area contributed by atoms with Gasteiger partial charge in [-0.15, -0.1) is 0 Å². The maximum atomic E-state index is 5.66. The van der Waals surface area contributed by atoms with E-state index >= 15 is 0 Å². The molecule has 0 saturated carbocycles. The van der Waals surface area contributed by atoms with Crippen molar-refractivity contribution in [3.8, 4) is 5.69 Å². The van der Waals surface area contributed by atoms with Gasteiger partial charge in [0.2, 0.25) is 0 Å². The van der Waals surface area contributed by atoms with Gasteiger partial charge in [-0.25, -0.2) is 4.68 Å². The number of nitrogens with zero attached hydrogens (tertiary/aromatic N) is 2. The van der Waals surface area contributed by atoms with Gasteiger partial charge in [-0.1, -0.05) is 26.1 Å². The van der Waals surface area contributed by atoms with Gasteiger partial charge in [-0.05, 0) is 53.0 Å². The fraction of sp³-hybridized carbons (Fsp3) is 0.286. The Hall–Kier alpha value is -1.20. The van der Waals surface area contributed by atoms with Crippen molar-refractivity contribution in [1.82, 2.24) is 9.78 Å². The second kappa shape index (κ2) is 5.84. The zero-order valence-corrected chi connectivity index (χ0v) is 13.4. The van der Waals surface area contributed by atoms with E-state index in [4.69, 9.17) is 18.0 Å². The van der Waals surface area contributed by atoms with Crippen LogP contribution in [0.5, 0.6) is 0 Å². The van der Waals surface area contributed by atoms with Gasteiger partial charge in [0.15, 0.2) is 0 Å². The number of aryl methyl sites for hydroxylation is 2. The molecule has 1 heterocycles. The summed E-state index contributed by atoms with van der Waals surface area (Å²) in [6.45, 7) is 4.24. The van der Waals surface area contributed by atoms with Gasteiger partial charge in [0, 0.05) is 15.7 Å². The third-order valence-electron chi connectivity index (χ3n) is 3.02. The lowest BCUT2D eigenvalue weighted by molar-refractivity contribution is 0.793.